The van der Waals surface area contributed by atoms with Crippen LogP contribution in [0.1, 0.15) is 122 Å². The van der Waals surface area contributed by atoms with Crippen molar-refractivity contribution < 1.29 is 16.9 Å². The van der Waals surface area contributed by atoms with Gasteiger partial charge in [0, 0.05) is 6.54 Å². The number of benzene rings is 1. The van der Waals surface area contributed by atoms with Crippen molar-refractivity contribution in [2.24, 2.45) is 5.73 Å². The van der Waals surface area contributed by atoms with E-state index in [9.17, 15) is 0 Å². The Morgan fingerprint density at radius 2 is 0.909 bits per heavy atom. The topological polar surface area (TPSA) is 26.0 Å². The van der Waals surface area contributed by atoms with Crippen molar-refractivity contribution in [3.63, 3.8) is 0 Å². The molecule has 0 spiro atoms. The summed E-state index contributed by atoms with van der Waals surface area (Å²) in [4.78, 5) is 0. The molecule has 0 atom stereocenters. The van der Waals surface area contributed by atoms with Gasteiger partial charge in [-0.3, -0.25) is 0 Å². The van der Waals surface area contributed by atoms with E-state index in [0.717, 1.165) is 0 Å². The smallest absolute Gasteiger partial charge is 0.0782 e. The highest BCUT2D eigenvalue weighted by Gasteiger charge is 2.13. The van der Waals surface area contributed by atoms with Crippen LogP contribution in [-0.4, -0.2) is 31.7 Å². The van der Waals surface area contributed by atoms with Crippen LogP contribution in [0.2, 0.25) is 0 Å². The zero-order valence-corrected chi connectivity index (χ0v) is 24.2. The van der Waals surface area contributed by atoms with Crippen molar-refractivity contribution in [2.75, 3.05) is 27.2 Å². The summed E-state index contributed by atoms with van der Waals surface area (Å²) in [6, 6.07) is 9.99. The van der Waals surface area contributed by atoms with Crippen molar-refractivity contribution in [3.05, 3.63) is 35.9 Å². The minimum atomic E-state index is 0. The molecule has 0 unspecified atom stereocenters. The lowest BCUT2D eigenvalue weighted by atomic mass is 10.1. The summed E-state index contributed by atoms with van der Waals surface area (Å²) < 4.78 is 1.24. The van der Waals surface area contributed by atoms with Crippen LogP contribution in [0.3, 0.4) is 0 Å². The Morgan fingerprint density at radius 1 is 0.576 bits per heavy atom. The van der Waals surface area contributed by atoms with Gasteiger partial charge in [-0.2, -0.15) is 0 Å². The van der Waals surface area contributed by atoms with E-state index in [1.165, 1.54) is 126 Å². The highest BCUT2D eigenvalue weighted by molar-refractivity contribution is 5.85. The summed E-state index contributed by atoms with van der Waals surface area (Å²) >= 11 is 0. The molecule has 1 aromatic rings. The fraction of sp³-hybridized carbons (Fsp3) is 0.793. The summed E-state index contributed by atoms with van der Waals surface area (Å²) in [5, 5.41) is 0. The Kier molecular flexibility index (Phi) is 31.6. The molecule has 1 aromatic carbocycles. The number of halogens is 2. The van der Waals surface area contributed by atoms with E-state index in [0.29, 0.717) is 6.54 Å². The monoisotopic (exact) mass is 504 g/mol. The van der Waals surface area contributed by atoms with E-state index in [-0.39, 0.29) is 24.8 Å². The molecule has 2 nitrogen and oxygen atoms in total. The number of hydrogen-bond donors (Lipinski definition) is 1. The lowest BCUT2D eigenvalue weighted by Crippen LogP contribution is -3.00. The van der Waals surface area contributed by atoms with Gasteiger partial charge in [0.05, 0.1) is 27.2 Å². The van der Waals surface area contributed by atoms with E-state index >= 15 is 0 Å². The van der Waals surface area contributed by atoms with E-state index in [2.05, 4.69) is 27.9 Å². The van der Waals surface area contributed by atoms with Crippen LogP contribution in [0, 0.1) is 0 Å². The van der Waals surface area contributed by atoms with Crippen LogP contribution in [0.25, 0.3) is 0 Å². The number of nitrogens with zero attached hydrogens (tertiary/aromatic N) is 1. The molecule has 0 heterocycles. The first-order chi connectivity index (χ1) is 15.1. The second-order valence-electron chi connectivity index (χ2n) is 10.0. The minimum absolute atomic E-state index is 0. The Balaban J connectivity index is -0.000000756. The molecule has 2 N–H and O–H groups in total. The third-order valence-electron chi connectivity index (χ3n) is 6.31. The fourth-order valence-corrected chi connectivity index (χ4v) is 4.07. The van der Waals surface area contributed by atoms with Crippen LogP contribution in [0.15, 0.2) is 30.3 Å². The molecule has 33 heavy (non-hydrogen) atoms. The minimum Gasteiger partial charge on any atom is -1.00 e. The molecular weight excluding hydrogens is 447 g/mol. The van der Waals surface area contributed by atoms with Gasteiger partial charge >= 0.3 is 0 Å². The maximum absolute atomic E-state index is 5.35. The molecule has 0 aliphatic carbocycles. The Labute approximate surface area is 220 Å². The summed E-state index contributed by atoms with van der Waals surface area (Å²) in [5.41, 5.74) is 6.54. The molecular formula is C29H58Cl2N2. The van der Waals surface area contributed by atoms with Gasteiger partial charge in [-0.25, -0.2) is 0 Å². The maximum Gasteiger partial charge on any atom is 0.0782 e. The summed E-state index contributed by atoms with van der Waals surface area (Å²) in [5.74, 6) is 0. The second-order valence-corrected chi connectivity index (χ2v) is 10.0. The lowest BCUT2D eigenvalue weighted by molar-refractivity contribution is -0.890. The molecule has 4 heteroatoms. The number of rotatable bonds is 19. The molecule has 0 saturated carbocycles. The van der Waals surface area contributed by atoms with Gasteiger partial charge in [-0.1, -0.05) is 121 Å². The maximum atomic E-state index is 5.35. The number of hydrogen-bond acceptors (Lipinski definition) is 1. The summed E-state index contributed by atoms with van der Waals surface area (Å²) in [7, 11) is 4.87. The number of unbranched alkanes of at least 4 members (excludes halogenated alkanes) is 14. The van der Waals surface area contributed by atoms with Crippen molar-refractivity contribution in [3.8, 4) is 0 Å². The first-order valence-corrected chi connectivity index (χ1v) is 13.6. The van der Waals surface area contributed by atoms with Crippen LogP contribution in [0.4, 0.5) is 0 Å². The Morgan fingerprint density at radius 3 is 1.21 bits per heavy atom. The van der Waals surface area contributed by atoms with Gasteiger partial charge in [0.15, 0.2) is 0 Å². The average molecular weight is 506 g/mol. The van der Waals surface area contributed by atoms with Crippen LogP contribution >= 0.6 is 12.4 Å². The molecule has 0 fully saturated rings. The van der Waals surface area contributed by atoms with Crippen molar-refractivity contribution >= 4 is 12.4 Å². The quantitative estimate of drug-likeness (QED) is 0.183. The molecule has 0 radical (unpaired) electrons. The third kappa shape index (κ3) is 27.8. The molecule has 1 rings (SSSR count). The molecule has 0 amide bonds. The second kappa shape index (κ2) is 28.0. The highest BCUT2D eigenvalue weighted by Crippen LogP contribution is 2.13. The number of quaternary nitrogens is 1. The molecule has 0 aliphatic rings. The van der Waals surface area contributed by atoms with Crippen molar-refractivity contribution in [1.29, 1.82) is 0 Å². The fourth-order valence-electron chi connectivity index (χ4n) is 4.07. The van der Waals surface area contributed by atoms with E-state index < -0.39 is 0 Å². The zero-order chi connectivity index (χ0) is 23.0. The third-order valence-corrected chi connectivity index (χ3v) is 6.31. The summed E-state index contributed by atoms with van der Waals surface area (Å²) in [6.45, 7) is 8.00. The average Bonchev–Trinajstić information content (AvgIpc) is 2.78. The van der Waals surface area contributed by atoms with Crippen LogP contribution in [-0.2, 0) is 6.54 Å². The predicted molar refractivity (Wildman–Crippen MR) is 149 cm³/mol. The van der Waals surface area contributed by atoms with Crippen LogP contribution in [0.5, 0.6) is 0 Å². The Bertz CT molecular complexity index is 444. The van der Waals surface area contributed by atoms with Crippen molar-refractivity contribution in [2.45, 2.75) is 123 Å². The first-order valence-electron chi connectivity index (χ1n) is 13.6. The van der Waals surface area contributed by atoms with Gasteiger partial charge in [-0.15, -0.1) is 12.4 Å². The lowest BCUT2D eigenvalue weighted by Gasteiger charge is -2.30. The van der Waals surface area contributed by atoms with Gasteiger partial charge in [0.1, 0.15) is 0 Å². The summed E-state index contributed by atoms with van der Waals surface area (Å²) in [6.07, 6.45) is 23.0. The predicted octanol–water partition coefficient (Wildman–Crippen LogP) is 5.92. The molecule has 0 aromatic heterocycles. The van der Waals surface area contributed by atoms with Gasteiger partial charge in [0.2, 0.25) is 0 Å². The Hall–Kier alpha value is -0.280. The van der Waals surface area contributed by atoms with Gasteiger partial charge in [0.25, 0.3) is 0 Å². The standard InChI is InChI=1S/C22H48N.C7H9N.2ClH/c1-5-7-9-11-13-15-17-19-21-23(3,4)22-20-18-16-14-12-10-8-6-2;8-6-7-4-2-1-3-5-7;;/h5-22H2,1-4H3;1-5H,6,8H2;2*1H/q+1;;;/p-1. The largest absolute Gasteiger partial charge is 1.00 e. The van der Waals surface area contributed by atoms with Crippen LogP contribution < -0.4 is 18.1 Å². The first kappa shape index (κ1) is 37.3. The molecule has 0 bridgehead atoms. The molecule has 0 aliphatic heterocycles. The zero-order valence-electron chi connectivity index (χ0n) is 22.6. The van der Waals surface area contributed by atoms with Gasteiger partial charge in [-0.05, 0) is 31.2 Å². The van der Waals surface area contributed by atoms with Crippen molar-refractivity contribution in [1.82, 2.24) is 0 Å². The molecule has 0 saturated heterocycles. The SMILES string of the molecule is CCCCCCCCCC[N+](C)(C)CCCCCCCCCC.Cl.NCc1ccccc1.[Cl-]. The number of nitrogens with two attached hydrogens (primary N) is 1. The van der Waals surface area contributed by atoms with E-state index in [1.807, 2.05) is 30.3 Å². The molecule has 198 valence electrons. The van der Waals surface area contributed by atoms with Gasteiger partial charge < -0.3 is 22.6 Å². The normalized spacial score (nSPS) is 10.6. The van der Waals surface area contributed by atoms with E-state index in [1.54, 1.807) is 0 Å². The highest BCUT2D eigenvalue weighted by atomic mass is 35.5. The van der Waals surface area contributed by atoms with E-state index in [4.69, 9.17) is 5.73 Å².